The van der Waals surface area contributed by atoms with Gasteiger partial charge in [-0.05, 0) is 20.3 Å². The molecule has 0 unspecified atom stereocenters. The lowest BCUT2D eigenvalue weighted by Crippen LogP contribution is -2.05. The average Bonchev–Trinajstić information content (AvgIpc) is 3.10. The summed E-state index contributed by atoms with van der Waals surface area (Å²) >= 11 is 1.38. The number of nitrogens with zero attached hydrogens (tertiary/aromatic N) is 3. The van der Waals surface area contributed by atoms with Crippen LogP contribution in [0.2, 0.25) is 0 Å². The normalized spacial score (nSPS) is 10.8. The van der Waals surface area contributed by atoms with Gasteiger partial charge in [-0.15, -0.1) is 0 Å². The van der Waals surface area contributed by atoms with Crippen LogP contribution in [0.25, 0.3) is 11.4 Å². The van der Waals surface area contributed by atoms with Crippen molar-refractivity contribution >= 4 is 16.7 Å². The highest BCUT2D eigenvalue weighted by Gasteiger charge is 2.09. The van der Waals surface area contributed by atoms with Gasteiger partial charge < -0.3 is 9.84 Å². The molecular formula is C15H16N4OS. The number of aryl methyl sites for hydroxylation is 2. The zero-order valence-electron chi connectivity index (χ0n) is 12.0. The van der Waals surface area contributed by atoms with Gasteiger partial charge in [0.15, 0.2) is 5.82 Å². The van der Waals surface area contributed by atoms with E-state index in [0.717, 1.165) is 46.5 Å². The van der Waals surface area contributed by atoms with Gasteiger partial charge in [-0.2, -0.15) is 9.36 Å². The third-order valence-electron chi connectivity index (χ3n) is 3.29. The Morgan fingerprint density at radius 2 is 2.00 bits per heavy atom. The quantitative estimate of drug-likeness (QED) is 0.781. The van der Waals surface area contributed by atoms with Crippen LogP contribution >= 0.6 is 11.5 Å². The second kappa shape index (κ2) is 6.05. The Labute approximate surface area is 127 Å². The van der Waals surface area contributed by atoms with Crippen molar-refractivity contribution in [1.29, 1.82) is 0 Å². The first-order valence-corrected chi connectivity index (χ1v) is 7.56. The number of rotatable bonds is 5. The molecule has 0 saturated heterocycles. The SMILES string of the molecule is Cc1noc(C)c1CCNc1nc(-c2ccccc2)ns1. The largest absolute Gasteiger partial charge is 0.361 e. The van der Waals surface area contributed by atoms with Gasteiger partial charge in [0.25, 0.3) is 0 Å². The van der Waals surface area contributed by atoms with Crippen LogP contribution in [0.15, 0.2) is 34.9 Å². The second-order valence-corrected chi connectivity index (χ2v) is 5.52. The standard InChI is InChI=1S/C15H16N4OS/c1-10-13(11(2)20-18-10)8-9-16-15-17-14(19-21-15)12-6-4-3-5-7-12/h3-7H,8-9H2,1-2H3,(H,16,17,19). The maximum atomic E-state index is 5.16. The fraction of sp³-hybridized carbons (Fsp3) is 0.267. The topological polar surface area (TPSA) is 63.8 Å². The zero-order valence-corrected chi connectivity index (χ0v) is 12.8. The third kappa shape index (κ3) is 3.11. The Kier molecular flexibility index (Phi) is 3.96. The average molecular weight is 300 g/mol. The molecule has 0 fully saturated rings. The molecule has 0 spiro atoms. The summed E-state index contributed by atoms with van der Waals surface area (Å²) < 4.78 is 9.53. The minimum absolute atomic E-state index is 0.764. The van der Waals surface area contributed by atoms with Crippen molar-refractivity contribution in [1.82, 2.24) is 14.5 Å². The van der Waals surface area contributed by atoms with E-state index < -0.39 is 0 Å². The van der Waals surface area contributed by atoms with Crippen LogP contribution in [0.1, 0.15) is 17.0 Å². The fourth-order valence-corrected chi connectivity index (χ4v) is 2.77. The Morgan fingerprint density at radius 1 is 1.19 bits per heavy atom. The first kappa shape index (κ1) is 13.8. The van der Waals surface area contributed by atoms with Crippen LogP contribution in [0.3, 0.4) is 0 Å². The van der Waals surface area contributed by atoms with Gasteiger partial charge in [0, 0.05) is 29.2 Å². The maximum Gasteiger partial charge on any atom is 0.202 e. The molecule has 6 heteroatoms. The Bertz CT molecular complexity index is 701. The van der Waals surface area contributed by atoms with Crippen LogP contribution in [0.5, 0.6) is 0 Å². The van der Waals surface area contributed by atoms with Gasteiger partial charge >= 0.3 is 0 Å². The number of hydrogen-bond acceptors (Lipinski definition) is 6. The second-order valence-electron chi connectivity index (χ2n) is 4.77. The monoisotopic (exact) mass is 300 g/mol. The van der Waals surface area contributed by atoms with Crippen LogP contribution in [-0.2, 0) is 6.42 Å². The van der Waals surface area contributed by atoms with Crippen LogP contribution in [-0.4, -0.2) is 21.1 Å². The minimum atomic E-state index is 0.764. The predicted molar refractivity (Wildman–Crippen MR) is 83.5 cm³/mol. The van der Waals surface area contributed by atoms with Crippen LogP contribution < -0.4 is 5.32 Å². The highest BCUT2D eigenvalue weighted by Crippen LogP contribution is 2.21. The first-order chi connectivity index (χ1) is 10.2. The summed E-state index contributed by atoms with van der Waals surface area (Å²) in [5.74, 6) is 1.65. The van der Waals surface area contributed by atoms with E-state index in [4.69, 9.17) is 4.52 Å². The van der Waals surface area contributed by atoms with Gasteiger partial charge in [-0.3, -0.25) is 0 Å². The molecule has 0 bridgehead atoms. The molecule has 2 heterocycles. The van der Waals surface area contributed by atoms with Gasteiger partial charge in [0.05, 0.1) is 5.69 Å². The summed E-state index contributed by atoms with van der Waals surface area (Å²) in [5.41, 5.74) is 3.15. The van der Waals surface area contributed by atoms with Gasteiger partial charge in [0.1, 0.15) is 5.76 Å². The van der Waals surface area contributed by atoms with Crippen LogP contribution in [0.4, 0.5) is 5.13 Å². The lowest BCUT2D eigenvalue weighted by molar-refractivity contribution is 0.392. The van der Waals surface area contributed by atoms with E-state index in [2.05, 4.69) is 19.8 Å². The summed E-state index contributed by atoms with van der Waals surface area (Å²) in [4.78, 5) is 4.50. The van der Waals surface area contributed by atoms with E-state index in [0.29, 0.717) is 0 Å². The molecule has 3 rings (SSSR count). The summed E-state index contributed by atoms with van der Waals surface area (Å²) in [6.07, 6.45) is 0.863. The molecule has 0 radical (unpaired) electrons. The van der Waals surface area contributed by atoms with Crippen molar-refractivity contribution in [3.8, 4) is 11.4 Å². The van der Waals surface area contributed by atoms with E-state index in [1.54, 1.807) is 0 Å². The van der Waals surface area contributed by atoms with Crippen molar-refractivity contribution in [3.05, 3.63) is 47.3 Å². The summed E-state index contributed by atoms with van der Waals surface area (Å²) in [7, 11) is 0. The summed E-state index contributed by atoms with van der Waals surface area (Å²) in [6.45, 7) is 4.68. The molecule has 0 atom stereocenters. The number of benzene rings is 1. The molecule has 0 saturated carbocycles. The molecule has 1 N–H and O–H groups in total. The lowest BCUT2D eigenvalue weighted by atomic mass is 10.1. The Morgan fingerprint density at radius 3 is 2.71 bits per heavy atom. The highest BCUT2D eigenvalue weighted by atomic mass is 32.1. The molecule has 5 nitrogen and oxygen atoms in total. The lowest BCUT2D eigenvalue weighted by Gasteiger charge is -2.01. The molecule has 21 heavy (non-hydrogen) atoms. The van der Waals surface area contributed by atoms with Gasteiger partial charge in [0.2, 0.25) is 5.13 Å². The van der Waals surface area contributed by atoms with Gasteiger partial charge in [-0.1, -0.05) is 35.5 Å². The number of hydrogen-bond donors (Lipinski definition) is 1. The molecule has 0 amide bonds. The zero-order chi connectivity index (χ0) is 14.7. The fourth-order valence-electron chi connectivity index (χ4n) is 2.15. The Hall–Kier alpha value is -2.21. The van der Waals surface area contributed by atoms with E-state index in [9.17, 15) is 0 Å². The molecule has 0 aliphatic carbocycles. The van der Waals surface area contributed by atoms with Crippen molar-refractivity contribution in [2.24, 2.45) is 0 Å². The molecule has 3 aromatic rings. The summed E-state index contributed by atoms with van der Waals surface area (Å²) in [6, 6.07) is 9.98. The highest BCUT2D eigenvalue weighted by molar-refractivity contribution is 7.09. The molecule has 0 aliphatic heterocycles. The molecule has 0 aliphatic rings. The maximum absolute atomic E-state index is 5.16. The van der Waals surface area contributed by atoms with E-state index in [1.165, 1.54) is 11.5 Å². The Balaban J connectivity index is 1.61. The summed E-state index contributed by atoms with van der Waals surface area (Å²) in [5, 5.41) is 8.09. The van der Waals surface area contributed by atoms with Gasteiger partial charge in [-0.25, -0.2) is 0 Å². The molecule has 108 valence electrons. The predicted octanol–water partition coefficient (Wildman–Crippen LogP) is 3.46. The van der Waals surface area contributed by atoms with Crippen molar-refractivity contribution in [3.63, 3.8) is 0 Å². The molecule has 1 aromatic carbocycles. The van der Waals surface area contributed by atoms with E-state index >= 15 is 0 Å². The minimum Gasteiger partial charge on any atom is -0.361 e. The number of anilines is 1. The van der Waals surface area contributed by atoms with Crippen molar-refractivity contribution in [2.45, 2.75) is 20.3 Å². The van der Waals surface area contributed by atoms with E-state index in [1.807, 2.05) is 44.2 Å². The molecule has 2 aromatic heterocycles. The van der Waals surface area contributed by atoms with Crippen LogP contribution in [0, 0.1) is 13.8 Å². The van der Waals surface area contributed by atoms with E-state index in [-0.39, 0.29) is 0 Å². The smallest absolute Gasteiger partial charge is 0.202 e. The first-order valence-electron chi connectivity index (χ1n) is 6.79. The molecular weight excluding hydrogens is 284 g/mol. The number of nitrogens with one attached hydrogen (secondary N) is 1. The third-order valence-corrected chi connectivity index (χ3v) is 3.96. The van der Waals surface area contributed by atoms with Crippen molar-refractivity contribution in [2.75, 3.05) is 11.9 Å². The number of aromatic nitrogens is 3. The van der Waals surface area contributed by atoms with Crippen molar-refractivity contribution < 1.29 is 4.52 Å².